The Morgan fingerprint density at radius 2 is 2.26 bits per heavy atom. The maximum Gasteiger partial charge on any atom is 0.262 e. The molecule has 96 valence electrons. The first-order chi connectivity index (χ1) is 9.17. The van der Waals surface area contributed by atoms with Crippen molar-refractivity contribution in [3.8, 4) is 18.1 Å². The highest BCUT2D eigenvalue weighted by molar-refractivity contribution is 5.99. The van der Waals surface area contributed by atoms with E-state index in [1.165, 1.54) is 0 Å². The fourth-order valence-electron chi connectivity index (χ4n) is 2.31. The van der Waals surface area contributed by atoms with Crippen molar-refractivity contribution in [3.63, 3.8) is 0 Å². The highest BCUT2D eigenvalue weighted by Gasteiger charge is 2.30. The van der Waals surface area contributed by atoms with Crippen molar-refractivity contribution in [3.05, 3.63) is 18.2 Å². The summed E-state index contributed by atoms with van der Waals surface area (Å²) < 4.78 is 5.27. The molecule has 3 rings (SSSR count). The van der Waals surface area contributed by atoms with Crippen LogP contribution in [0.15, 0.2) is 18.2 Å². The molecule has 2 aliphatic rings. The van der Waals surface area contributed by atoms with Crippen molar-refractivity contribution in [1.82, 2.24) is 0 Å². The summed E-state index contributed by atoms with van der Waals surface area (Å²) in [5.74, 6) is 2.98. The molecule has 5 heteroatoms. The zero-order chi connectivity index (χ0) is 13.4. The normalized spacial score (nSPS) is 21.4. The molecule has 1 aromatic rings. The van der Waals surface area contributed by atoms with Gasteiger partial charge in [0.05, 0.1) is 5.69 Å². The number of anilines is 2. The second-order valence-corrected chi connectivity index (χ2v) is 4.59. The number of fused-ring (bicyclic) bond motifs is 1. The number of carbonyl (C=O) groups is 2. The third kappa shape index (κ3) is 2.02. The molecule has 1 unspecified atom stereocenters. The van der Waals surface area contributed by atoms with Crippen molar-refractivity contribution < 1.29 is 14.3 Å². The van der Waals surface area contributed by atoms with Gasteiger partial charge in [-0.2, -0.15) is 0 Å². The third-order valence-electron chi connectivity index (χ3n) is 3.27. The van der Waals surface area contributed by atoms with Gasteiger partial charge in [-0.25, -0.2) is 0 Å². The summed E-state index contributed by atoms with van der Waals surface area (Å²) in [5.41, 5.74) is 1.32. The molecule has 0 saturated carbocycles. The third-order valence-corrected chi connectivity index (χ3v) is 3.27. The Morgan fingerprint density at radius 1 is 1.42 bits per heavy atom. The van der Waals surface area contributed by atoms with Crippen LogP contribution in [-0.4, -0.2) is 25.0 Å². The first kappa shape index (κ1) is 11.6. The summed E-state index contributed by atoms with van der Waals surface area (Å²) in [6.07, 6.45) is 5.73. The second kappa shape index (κ2) is 4.32. The van der Waals surface area contributed by atoms with E-state index in [9.17, 15) is 9.59 Å². The number of rotatable bonds is 1. The summed E-state index contributed by atoms with van der Waals surface area (Å²) in [4.78, 5) is 24.8. The summed E-state index contributed by atoms with van der Waals surface area (Å²) in [6.45, 7) is 0.539. The summed E-state index contributed by atoms with van der Waals surface area (Å²) >= 11 is 0. The van der Waals surface area contributed by atoms with Crippen LogP contribution in [0.4, 0.5) is 11.4 Å². The van der Waals surface area contributed by atoms with E-state index in [1.54, 1.807) is 23.1 Å². The fraction of sp³-hybridized carbons (Fsp3) is 0.286. The first-order valence-electron chi connectivity index (χ1n) is 6.00. The number of hydrogen-bond acceptors (Lipinski definition) is 3. The van der Waals surface area contributed by atoms with Gasteiger partial charge in [-0.1, -0.05) is 0 Å². The molecular weight excluding hydrogens is 244 g/mol. The molecule has 0 radical (unpaired) electrons. The topological polar surface area (TPSA) is 58.6 Å². The Kier molecular flexibility index (Phi) is 2.64. The number of nitrogens with zero attached hydrogens (tertiary/aromatic N) is 1. The van der Waals surface area contributed by atoms with E-state index in [1.807, 2.05) is 0 Å². The van der Waals surface area contributed by atoms with Gasteiger partial charge in [0.15, 0.2) is 6.61 Å². The van der Waals surface area contributed by atoms with Crippen LogP contribution in [0.3, 0.4) is 0 Å². The van der Waals surface area contributed by atoms with Gasteiger partial charge in [0, 0.05) is 24.6 Å². The Balaban J connectivity index is 1.91. The minimum atomic E-state index is -0.195. The molecule has 0 aromatic heterocycles. The smallest absolute Gasteiger partial charge is 0.262 e. The van der Waals surface area contributed by atoms with Crippen molar-refractivity contribution >= 4 is 23.2 Å². The Bertz CT molecular complexity index is 603. The highest BCUT2D eigenvalue weighted by atomic mass is 16.5. The van der Waals surface area contributed by atoms with Gasteiger partial charge >= 0.3 is 0 Å². The van der Waals surface area contributed by atoms with Crippen molar-refractivity contribution in [1.29, 1.82) is 0 Å². The quantitative estimate of drug-likeness (QED) is 0.763. The van der Waals surface area contributed by atoms with Gasteiger partial charge in [0.25, 0.3) is 5.91 Å². The van der Waals surface area contributed by atoms with Crippen LogP contribution in [0.25, 0.3) is 0 Å². The van der Waals surface area contributed by atoms with E-state index in [4.69, 9.17) is 11.2 Å². The standard InChI is InChI=1S/C14H12N2O3/c1-2-9-5-14(18)16(7-9)10-3-4-12-11(6-10)15-13(17)8-19-12/h1,3-4,6,9H,5,7-8H2,(H,15,17). The molecule has 1 N–H and O–H groups in total. The second-order valence-electron chi connectivity index (χ2n) is 4.59. The maximum atomic E-state index is 11.9. The maximum absolute atomic E-state index is 11.9. The van der Waals surface area contributed by atoms with Crippen molar-refractivity contribution in [2.45, 2.75) is 6.42 Å². The number of carbonyl (C=O) groups excluding carboxylic acids is 2. The van der Waals surface area contributed by atoms with E-state index >= 15 is 0 Å². The molecule has 0 bridgehead atoms. The van der Waals surface area contributed by atoms with E-state index in [-0.39, 0.29) is 24.3 Å². The summed E-state index contributed by atoms with van der Waals surface area (Å²) in [6, 6.07) is 5.29. The number of amides is 2. The Morgan fingerprint density at radius 3 is 3.00 bits per heavy atom. The molecule has 1 fully saturated rings. The number of ether oxygens (including phenoxy) is 1. The lowest BCUT2D eigenvalue weighted by Crippen LogP contribution is -2.27. The van der Waals surface area contributed by atoms with Crippen LogP contribution in [0.2, 0.25) is 0 Å². The zero-order valence-electron chi connectivity index (χ0n) is 10.2. The molecular formula is C14H12N2O3. The molecule has 0 spiro atoms. The van der Waals surface area contributed by atoms with Crippen LogP contribution < -0.4 is 15.0 Å². The highest BCUT2D eigenvalue weighted by Crippen LogP contribution is 2.34. The van der Waals surface area contributed by atoms with Gasteiger partial charge in [0.2, 0.25) is 5.91 Å². The molecule has 2 heterocycles. The summed E-state index contributed by atoms with van der Waals surface area (Å²) in [7, 11) is 0. The lowest BCUT2D eigenvalue weighted by atomic mass is 10.1. The minimum Gasteiger partial charge on any atom is -0.482 e. The van der Waals surface area contributed by atoms with E-state index in [0.717, 1.165) is 5.69 Å². The van der Waals surface area contributed by atoms with Gasteiger partial charge < -0.3 is 15.0 Å². The van der Waals surface area contributed by atoms with Crippen LogP contribution in [-0.2, 0) is 9.59 Å². The minimum absolute atomic E-state index is 0.00551. The lowest BCUT2D eigenvalue weighted by Gasteiger charge is -2.21. The van der Waals surface area contributed by atoms with Crippen molar-refractivity contribution in [2.75, 3.05) is 23.4 Å². The molecule has 2 amide bonds. The van der Waals surface area contributed by atoms with Gasteiger partial charge in [-0.15, -0.1) is 12.3 Å². The van der Waals surface area contributed by atoms with Crippen LogP contribution in [0.5, 0.6) is 5.75 Å². The average Bonchev–Trinajstić information content (AvgIpc) is 2.79. The molecule has 2 aliphatic heterocycles. The fourth-order valence-corrected chi connectivity index (χ4v) is 2.31. The molecule has 0 aliphatic carbocycles. The predicted octanol–water partition coefficient (Wildman–Crippen LogP) is 1.00. The predicted molar refractivity (Wildman–Crippen MR) is 69.9 cm³/mol. The first-order valence-corrected chi connectivity index (χ1v) is 6.00. The van der Waals surface area contributed by atoms with Crippen molar-refractivity contribution in [2.24, 2.45) is 5.92 Å². The van der Waals surface area contributed by atoms with Gasteiger partial charge in [0.1, 0.15) is 5.75 Å². The SMILES string of the molecule is C#CC1CC(=O)N(c2ccc3c(c2)NC(=O)CO3)C1. The monoisotopic (exact) mass is 256 g/mol. The summed E-state index contributed by atoms with van der Waals surface area (Å²) in [5, 5.41) is 2.72. The number of nitrogens with one attached hydrogen (secondary N) is 1. The zero-order valence-corrected chi connectivity index (χ0v) is 10.2. The molecule has 1 atom stereocenters. The Labute approximate surface area is 110 Å². The average molecular weight is 256 g/mol. The van der Waals surface area contributed by atoms with E-state index < -0.39 is 0 Å². The molecule has 1 aromatic carbocycles. The number of hydrogen-bond donors (Lipinski definition) is 1. The van der Waals surface area contributed by atoms with Crippen LogP contribution in [0, 0.1) is 18.3 Å². The number of benzene rings is 1. The van der Waals surface area contributed by atoms with E-state index in [0.29, 0.717) is 24.4 Å². The largest absolute Gasteiger partial charge is 0.482 e. The Hall–Kier alpha value is -2.48. The number of terminal acetylenes is 1. The molecule has 19 heavy (non-hydrogen) atoms. The van der Waals surface area contributed by atoms with Crippen LogP contribution >= 0.6 is 0 Å². The van der Waals surface area contributed by atoms with Crippen LogP contribution in [0.1, 0.15) is 6.42 Å². The molecule has 1 saturated heterocycles. The van der Waals surface area contributed by atoms with Gasteiger partial charge in [-0.05, 0) is 18.2 Å². The molecule has 5 nitrogen and oxygen atoms in total. The van der Waals surface area contributed by atoms with E-state index in [2.05, 4.69) is 11.2 Å². The van der Waals surface area contributed by atoms with Gasteiger partial charge in [-0.3, -0.25) is 9.59 Å². The lowest BCUT2D eigenvalue weighted by molar-refractivity contribution is -0.118.